The van der Waals surface area contributed by atoms with Gasteiger partial charge in [0.15, 0.2) is 0 Å². The molecule has 0 spiro atoms. The molecule has 0 aliphatic heterocycles. The van der Waals surface area contributed by atoms with Gasteiger partial charge in [0, 0.05) is 18.0 Å². The summed E-state index contributed by atoms with van der Waals surface area (Å²) in [7, 11) is 0. The van der Waals surface area contributed by atoms with Gasteiger partial charge in [0.1, 0.15) is 12.4 Å². The van der Waals surface area contributed by atoms with Crippen LogP contribution < -0.4 is 4.74 Å². The standard InChI is InChI=1S/C24H26NO2/c1-24(2,19-26-17-21-7-4-3-5-8-21)15-20-10-12-23(13-11-20)27-18-22-9-6-14-25-16-22/h3-16H,17-19H2,1-2H3. The van der Waals surface area contributed by atoms with E-state index in [2.05, 4.69) is 49.5 Å². The van der Waals surface area contributed by atoms with Crippen molar-refractivity contribution in [2.24, 2.45) is 5.41 Å². The summed E-state index contributed by atoms with van der Waals surface area (Å²) < 4.78 is 11.7. The molecule has 3 rings (SSSR count). The van der Waals surface area contributed by atoms with Gasteiger partial charge in [0.25, 0.3) is 0 Å². The highest BCUT2D eigenvalue weighted by atomic mass is 16.5. The first-order valence-electron chi connectivity index (χ1n) is 9.20. The molecule has 27 heavy (non-hydrogen) atoms. The van der Waals surface area contributed by atoms with E-state index in [-0.39, 0.29) is 5.41 Å². The molecule has 0 bridgehead atoms. The lowest BCUT2D eigenvalue weighted by atomic mass is 9.86. The number of benzene rings is 2. The van der Waals surface area contributed by atoms with E-state index in [1.807, 2.05) is 48.7 Å². The van der Waals surface area contributed by atoms with Gasteiger partial charge in [0.05, 0.1) is 13.2 Å². The quantitative estimate of drug-likeness (QED) is 0.508. The fourth-order valence-electron chi connectivity index (χ4n) is 2.81. The second kappa shape index (κ2) is 9.33. The van der Waals surface area contributed by atoms with Crippen LogP contribution in [0, 0.1) is 11.8 Å². The number of hydrogen-bond acceptors (Lipinski definition) is 3. The molecule has 3 heteroatoms. The molecule has 0 aliphatic rings. The highest BCUT2D eigenvalue weighted by Gasteiger charge is 2.19. The first-order valence-corrected chi connectivity index (χ1v) is 9.20. The minimum absolute atomic E-state index is 0.0487. The third kappa shape index (κ3) is 6.54. The summed E-state index contributed by atoms with van der Waals surface area (Å²) in [5, 5.41) is 0. The van der Waals surface area contributed by atoms with E-state index in [0.29, 0.717) is 19.8 Å². The minimum atomic E-state index is -0.0487. The van der Waals surface area contributed by atoms with Crippen molar-refractivity contribution >= 4 is 0 Å². The Hall–Kier alpha value is -2.65. The molecule has 1 aromatic heterocycles. The summed E-state index contributed by atoms with van der Waals surface area (Å²) in [6.45, 7) is 6.20. The van der Waals surface area contributed by atoms with Crippen LogP contribution in [0.2, 0.25) is 0 Å². The fraction of sp³-hybridized carbons (Fsp3) is 0.250. The molecule has 0 saturated carbocycles. The highest BCUT2D eigenvalue weighted by molar-refractivity contribution is 5.32. The van der Waals surface area contributed by atoms with Gasteiger partial charge in [0.2, 0.25) is 0 Å². The predicted octanol–water partition coefficient (Wildman–Crippen LogP) is 5.46. The zero-order chi connectivity index (χ0) is 19.0. The molecule has 139 valence electrons. The van der Waals surface area contributed by atoms with Crippen molar-refractivity contribution in [3.05, 3.63) is 102 Å². The second-order valence-corrected chi connectivity index (χ2v) is 7.33. The molecule has 0 fully saturated rings. The Kier molecular flexibility index (Phi) is 6.61. The van der Waals surface area contributed by atoms with Crippen LogP contribution in [0.3, 0.4) is 0 Å². The Morgan fingerprint density at radius 1 is 0.852 bits per heavy atom. The average Bonchev–Trinajstić information content (AvgIpc) is 2.69. The number of pyridine rings is 1. The maximum atomic E-state index is 5.91. The van der Waals surface area contributed by atoms with Crippen molar-refractivity contribution in [3.63, 3.8) is 0 Å². The average molecular weight is 360 g/mol. The van der Waals surface area contributed by atoms with Gasteiger partial charge >= 0.3 is 0 Å². The van der Waals surface area contributed by atoms with Crippen molar-refractivity contribution in [1.82, 2.24) is 4.98 Å². The van der Waals surface area contributed by atoms with Crippen molar-refractivity contribution in [1.29, 1.82) is 0 Å². The molecule has 0 saturated heterocycles. The molecule has 3 aromatic rings. The Morgan fingerprint density at radius 2 is 1.59 bits per heavy atom. The normalized spacial score (nSPS) is 11.3. The van der Waals surface area contributed by atoms with Crippen molar-refractivity contribution in [3.8, 4) is 5.75 Å². The number of rotatable bonds is 9. The number of aromatic nitrogens is 1. The lowest BCUT2D eigenvalue weighted by Crippen LogP contribution is -2.20. The van der Waals surface area contributed by atoms with Crippen molar-refractivity contribution in [2.45, 2.75) is 27.1 Å². The first-order chi connectivity index (χ1) is 13.1. The molecule has 0 unspecified atom stereocenters. The van der Waals surface area contributed by atoms with Crippen LogP contribution in [0.1, 0.15) is 30.5 Å². The Balaban J connectivity index is 1.46. The maximum Gasteiger partial charge on any atom is 0.119 e. The van der Waals surface area contributed by atoms with Crippen molar-refractivity contribution < 1.29 is 9.47 Å². The maximum absolute atomic E-state index is 5.91. The van der Waals surface area contributed by atoms with Gasteiger partial charge in [-0.05, 0) is 41.2 Å². The zero-order valence-corrected chi connectivity index (χ0v) is 16.0. The lowest BCUT2D eigenvalue weighted by Gasteiger charge is -2.24. The van der Waals surface area contributed by atoms with Crippen LogP contribution >= 0.6 is 0 Å². The largest absolute Gasteiger partial charge is 0.489 e. The third-order valence-electron chi connectivity index (χ3n) is 4.15. The van der Waals surface area contributed by atoms with Crippen LogP contribution in [0.4, 0.5) is 0 Å². The van der Waals surface area contributed by atoms with Gasteiger partial charge in [-0.25, -0.2) is 0 Å². The second-order valence-electron chi connectivity index (χ2n) is 7.33. The van der Waals surface area contributed by atoms with Crippen molar-refractivity contribution in [2.75, 3.05) is 6.61 Å². The molecule has 0 amide bonds. The van der Waals surface area contributed by atoms with E-state index in [4.69, 9.17) is 9.47 Å². The summed E-state index contributed by atoms with van der Waals surface area (Å²) in [6.07, 6.45) is 5.82. The van der Waals surface area contributed by atoms with E-state index >= 15 is 0 Å². The Bertz CT molecular complexity index is 799. The monoisotopic (exact) mass is 360 g/mol. The summed E-state index contributed by atoms with van der Waals surface area (Å²) >= 11 is 0. The summed E-state index contributed by atoms with van der Waals surface area (Å²) in [4.78, 5) is 4.10. The molecule has 1 heterocycles. The summed E-state index contributed by atoms with van der Waals surface area (Å²) in [6, 6.07) is 22.3. The first kappa shape index (κ1) is 19.1. The molecule has 3 nitrogen and oxygen atoms in total. The Morgan fingerprint density at radius 3 is 2.30 bits per heavy atom. The van der Waals surface area contributed by atoms with E-state index < -0.39 is 0 Å². The molecular weight excluding hydrogens is 334 g/mol. The Labute approximate surface area is 162 Å². The SMILES string of the molecule is CC(C)([CH]c1ccc(OCc2cccnc2)cc1)COCc1ccccc1. The third-order valence-corrected chi connectivity index (χ3v) is 4.15. The summed E-state index contributed by atoms with van der Waals surface area (Å²) in [5.74, 6) is 0.856. The smallest absolute Gasteiger partial charge is 0.119 e. The number of nitrogens with zero attached hydrogens (tertiary/aromatic N) is 1. The molecular formula is C24H26NO2. The van der Waals surface area contributed by atoms with Crippen LogP contribution in [0.15, 0.2) is 79.1 Å². The van der Waals surface area contributed by atoms with Crippen LogP contribution in [0.5, 0.6) is 5.75 Å². The van der Waals surface area contributed by atoms with Crippen LogP contribution in [-0.2, 0) is 18.0 Å². The minimum Gasteiger partial charge on any atom is -0.489 e. The van der Waals surface area contributed by atoms with Gasteiger partial charge in [-0.1, -0.05) is 62.4 Å². The summed E-state index contributed by atoms with van der Waals surface area (Å²) in [5.41, 5.74) is 3.37. The fourth-order valence-corrected chi connectivity index (χ4v) is 2.81. The van der Waals surface area contributed by atoms with E-state index in [9.17, 15) is 0 Å². The number of hydrogen-bond donors (Lipinski definition) is 0. The molecule has 2 aromatic carbocycles. The van der Waals surface area contributed by atoms with Gasteiger partial charge in [-0.3, -0.25) is 4.98 Å². The van der Waals surface area contributed by atoms with Crippen LogP contribution in [-0.4, -0.2) is 11.6 Å². The van der Waals surface area contributed by atoms with Crippen LogP contribution in [0.25, 0.3) is 0 Å². The molecule has 0 aliphatic carbocycles. The van der Waals surface area contributed by atoms with Gasteiger partial charge in [-0.2, -0.15) is 0 Å². The van der Waals surface area contributed by atoms with Gasteiger partial charge in [-0.15, -0.1) is 0 Å². The molecule has 1 radical (unpaired) electrons. The number of ether oxygens (including phenoxy) is 2. The topological polar surface area (TPSA) is 31.4 Å². The van der Waals surface area contributed by atoms with E-state index in [0.717, 1.165) is 16.9 Å². The molecule has 0 N–H and O–H groups in total. The predicted molar refractivity (Wildman–Crippen MR) is 108 cm³/mol. The van der Waals surface area contributed by atoms with E-state index in [1.54, 1.807) is 6.20 Å². The molecule has 0 atom stereocenters. The van der Waals surface area contributed by atoms with Gasteiger partial charge < -0.3 is 9.47 Å². The zero-order valence-electron chi connectivity index (χ0n) is 16.0. The highest BCUT2D eigenvalue weighted by Crippen LogP contribution is 2.26. The van der Waals surface area contributed by atoms with E-state index in [1.165, 1.54) is 5.56 Å². The lowest BCUT2D eigenvalue weighted by molar-refractivity contribution is 0.0666.